The molecule has 0 spiro atoms. The fourth-order valence-electron chi connectivity index (χ4n) is 1.19. The summed E-state index contributed by atoms with van der Waals surface area (Å²) in [5.74, 6) is 0. The minimum Gasteiger partial charge on any atom is -0.267 e. The monoisotopic (exact) mass is 251 g/mol. The van der Waals surface area contributed by atoms with Crippen LogP contribution in [-0.4, -0.2) is 20.3 Å². The van der Waals surface area contributed by atoms with Crippen molar-refractivity contribution in [3.05, 3.63) is 22.1 Å². The van der Waals surface area contributed by atoms with E-state index in [2.05, 4.69) is 20.6 Å². The molecule has 0 atom stereocenters. The van der Waals surface area contributed by atoms with E-state index >= 15 is 0 Å². The van der Waals surface area contributed by atoms with Crippen LogP contribution in [-0.2, 0) is 0 Å². The highest BCUT2D eigenvalue weighted by Crippen LogP contribution is 2.16. The van der Waals surface area contributed by atoms with Gasteiger partial charge in [-0.2, -0.15) is 9.62 Å². The molecule has 0 aliphatic carbocycles. The van der Waals surface area contributed by atoms with E-state index in [0.717, 1.165) is 12.1 Å². The highest BCUT2D eigenvalue weighted by molar-refractivity contribution is 7.20. The van der Waals surface area contributed by atoms with Gasteiger partial charge in [-0.15, -0.1) is 5.10 Å². The van der Waals surface area contributed by atoms with E-state index in [4.69, 9.17) is 0 Å². The first-order valence-electron chi connectivity index (χ1n) is 5.27. The second-order valence-corrected chi connectivity index (χ2v) is 4.61. The number of anilines is 1. The van der Waals surface area contributed by atoms with E-state index in [0.29, 0.717) is 15.8 Å². The standard InChI is InChI=1S/C10H13N5OS/c1-4-6(2)12-13-9-14-15-8(16)5-7(3)11-10(15)17-9/h5H,4H2,1-3H3,(H,13,14). The lowest BCUT2D eigenvalue weighted by atomic mass is 10.3. The number of rotatable bonds is 3. The Balaban J connectivity index is 2.39. The molecule has 0 saturated carbocycles. The van der Waals surface area contributed by atoms with Crippen molar-refractivity contribution in [2.24, 2.45) is 5.10 Å². The van der Waals surface area contributed by atoms with Gasteiger partial charge in [0.05, 0.1) is 0 Å². The summed E-state index contributed by atoms with van der Waals surface area (Å²) in [6.45, 7) is 5.73. The van der Waals surface area contributed by atoms with Crippen LogP contribution in [0.4, 0.5) is 5.13 Å². The molecule has 1 N–H and O–H groups in total. The van der Waals surface area contributed by atoms with Gasteiger partial charge < -0.3 is 0 Å². The molecular formula is C10H13N5OS. The first-order valence-corrected chi connectivity index (χ1v) is 6.08. The summed E-state index contributed by atoms with van der Waals surface area (Å²) in [6, 6.07) is 1.46. The molecule has 0 fully saturated rings. The molecule has 0 aliphatic heterocycles. The first-order chi connectivity index (χ1) is 8.10. The van der Waals surface area contributed by atoms with Crippen LogP contribution in [0, 0.1) is 6.92 Å². The molecule has 6 nitrogen and oxygen atoms in total. The average molecular weight is 251 g/mol. The average Bonchev–Trinajstić information content (AvgIpc) is 2.69. The van der Waals surface area contributed by atoms with Crippen molar-refractivity contribution in [2.45, 2.75) is 27.2 Å². The predicted molar refractivity (Wildman–Crippen MR) is 68.9 cm³/mol. The van der Waals surface area contributed by atoms with Gasteiger partial charge in [0.15, 0.2) is 0 Å². The Morgan fingerprint density at radius 1 is 1.65 bits per heavy atom. The van der Waals surface area contributed by atoms with Crippen LogP contribution in [0.3, 0.4) is 0 Å². The van der Waals surface area contributed by atoms with Crippen LogP contribution in [0.5, 0.6) is 0 Å². The molecule has 0 saturated heterocycles. The van der Waals surface area contributed by atoms with E-state index < -0.39 is 0 Å². The number of hydrazone groups is 1. The minimum absolute atomic E-state index is 0.173. The van der Waals surface area contributed by atoms with Crippen LogP contribution < -0.4 is 11.0 Å². The van der Waals surface area contributed by atoms with Crippen LogP contribution in [0.1, 0.15) is 26.0 Å². The van der Waals surface area contributed by atoms with Gasteiger partial charge in [0.2, 0.25) is 10.1 Å². The highest BCUT2D eigenvalue weighted by Gasteiger charge is 2.06. The van der Waals surface area contributed by atoms with Crippen LogP contribution in [0.15, 0.2) is 16.0 Å². The molecule has 0 aromatic carbocycles. The second kappa shape index (κ2) is 4.62. The summed E-state index contributed by atoms with van der Waals surface area (Å²) in [4.78, 5) is 16.4. The molecule has 2 rings (SSSR count). The zero-order chi connectivity index (χ0) is 12.4. The first kappa shape index (κ1) is 11.7. The molecule has 0 aliphatic rings. The topological polar surface area (TPSA) is 71.7 Å². The molecule has 0 amide bonds. The summed E-state index contributed by atoms with van der Waals surface area (Å²) >= 11 is 1.30. The van der Waals surface area contributed by atoms with Gasteiger partial charge in [0, 0.05) is 17.5 Å². The van der Waals surface area contributed by atoms with Crippen molar-refractivity contribution in [1.29, 1.82) is 0 Å². The van der Waals surface area contributed by atoms with Crippen molar-refractivity contribution in [3.63, 3.8) is 0 Å². The third-order valence-electron chi connectivity index (χ3n) is 2.23. The zero-order valence-electron chi connectivity index (χ0n) is 9.89. The van der Waals surface area contributed by atoms with Gasteiger partial charge >= 0.3 is 0 Å². The summed E-state index contributed by atoms with van der Waals surface area (Å²) < 4.78 is 1.27. The van der Waals surface area contributed by atoms with Crippen molar-refractivity contribution in [2.75, 3.05) is 5.43 Å². The Morgan fingerprint density at radius 3 is 3.12 bits per heavy atom. The van der Waals surface area contributed by atoms with E-state index in [1.54, 1.807) is 6.92 Å². The molecule has 0 unspecified atom stereocenters. The van der Waals surface area contributed by atoms with E-state index in [-0.39, 0.29) is 5.56 Å². The van der Waals surface area contributed by atoms with Crippen molar-refractivity contribution in [3.8, 4) is 0 Å². The molecule has 90 valence electrons. The second-order valence-electron chi connectivity index (χ2n) is 3.65. The number of hydrogen-bond acceptors (Lipinski definition) is 6. The number of aryl methyl sites for hydroxylation is 1. The Labute approximate surface area is 102 Å². The summed E-state index contributed by atoms with van der Waals surface area (Å²) in [5.41, 5.74) is 4.32. The minimum atomic E-state index is -0.173. The van der Waals surface area contributed by atoms with Gasteiger partial charge in [-0.05, 0) is 20.3 Å². The molecule has 0 bridgehead atoms. The van der Waals surface area contributed by atoms with Crippen LogP contribution >= 0.6 is 11.3 Å². The fourth-order valence-corrected chi connectivity index (χ4v) is 1.98. The van der Waals surface area contributed by atoms with E-state index in [9.17, 15) is 4.79 Å². The van der Waals surface area contributed by atoms with E-state index in [1.807, 2.05) is 13.8 Å². The third kappa shape index (κ3) is 2.50. The highest BCUT2D eigenvalue weighted by atomic mass is 32.1. The largest absolute Gasteiger partial charge is 0.275 e. The maximum absolute atomic E-state index is 11.6. The fraction of sp³-hybridized carbons (Fsp3) is 0.400. The predicted octanol–water partition coefficient (Wildman–Crippen LogP) is 1.66. The molecular weight excluding hydrogens is 238 g/mol. The molecule has 2 aromatic heterocycles. The number of nitrogens with zero attached hydrogens (tertiary/aromatic N) is 4. The molecule has 17 heavy (non-hydrogen) atoms. The Kier molecular flexibility index (Phi) is 3.19. The summed E-state index contributed by atoms with van der Waals surface area (Å²) in [7, 11) is 0. The maximum atomic E-state index is 11.6. The number of aromatic nitrogens is 3. The maximum Gasteiger partial charge on any atom is 0.275 e. The van der Waals surface area contributed by atoms with Crippen molar-refractivity contribution in [1.82, 2.24) is 14.6 Å². The quantitative estimate of drug-likeness (QED) is 0.665. The summed E-state index contributed by atoms with van der Waals surface area (Å²) in [5, 5.41) is 8.80. The lowest BCUT2D eigenvalue weighted by Gasteiger charge is -1.94. The lowest BCUT2D eigenvalue weighted by Crippen LogP contribution is -2.14. The Hall–Kier alpha value is -1.76. The number of hydrogen-bond donors (Lipinski definition) is 1. The van der Waals surface area contributed by atoms with Gasteiger partial charge in [0.1, 0.15) is 0 Å². The lowest BCUT2D eigenvalue weighted by molar-refractivity contribution is 0.890. The van der Waals surface area contributed by atoms with Gasteiger partial charge in [0.25, 0.3) is 5.56 Å². The van der Waals surface area contributed by atoms with E-state index in [1.165, 1.54) is 21.9 Å². The molecule has 0 radical (unpaired) electrons. The van der Waals surface area contributed by atoms with Gasteiger partial charge in [-0.25, -0.2) is 4.98 Å². The van der Waals surface area contributed by atoms with Gasteiger partial charge in [-0.1, -0.05) is 18.3 Å². The van der Waals surface area contributed by atoms with Crippen LogP contribution in [0.25, 0.3) is 4.96 Å². The molecule has 2 heterocycles. The third-order valence-corrected chi connectivity index (χ3v) is 3.04. The van der Waals surface area contributed by atoms with Crippen LogP contribution in [0.2, 0.25) is 0 Å². The Morgan fingerprint density at radius 2 is 2.41 bits per heavy atom. The van der Waals surface area contributed by atoms with Gasteiger partial charge in [-0.3, -0.25) is 10.2 Å². The van der Waals surface area contributed by atoms with Crippen molar-refractivity contribution < 1.29 is 0 Å². The van der Waals surface area contributed by atoms with Crippen molar-refractivity contribution >= 4 is 27.1 Å². The molecule has 2 aromatic rings. The summed E-state index contributed by atoms with van der Waals surface area (Å²) in [6.07, 6.45) is 0.870. The molecule has 7 heteroatoms. The zero-order valence-corrected chi connectivity index (χ0v) is 10.7. The number of fused-ring (bicyclic) bond motifs is 1. The Bertz CT molecular complexity index is 627. The number of nitrogens with one attached hydrogen (secondary N) is 1. The smallest absolute Gasteiger partial charge is 0.267 e. The normalized spacial score (nSPS) is 12.1. The SMILES string of the molecule is CCC(C)=NNc1nn2c(=O)cc(C)nc2s1.